The molecule has 1 aliphatic heterocycles. The first kappa shape index (κ1) is 15.7. The summed E-state index contributed by atoms with van der Waals surface area (Å²) in [4.78, 5) is 18.1. The van der Waals surface area contributed by atoms with Crippen LogP contribution in [0.1, 0.15) is 23.2 Å². The number of amides is 1. The minimum atomic E-state index is -0.300. The molecule has 0 aromatic carbocycles. The normalized spacial score (nSPS) is 22.5. The summed E-state index contributed by atoms with van der Waals surface area (Å²) in [6, 6.07) is 1.63. The highest BCUT2D eigenvalue weighted by atomic mass is 16.5. The lowest BCUT2D eigenvalue weighted by atomic mass is 10.1. The first-order valence-corrected chi connectivity index (χ1v) is 7.03. The van der Waals surface area contributed by atoms with Gasteiger partial charge in [-0.05, 0) is 31.4 Å². The molecule has 6 heteroatoms. The Morgan fingerprint density at radius 3 is 2.71 bits per heavy atom. The molecule has 0 spiro atoms. The fourth-order valence-corrected chi connectivity index (χ4v) is 2.87. The van der Waals surface area contributed by atoms with Crippen molar-refractivity contribution in [2.24, 2.45) is 5.73 Å². The van der Waals surface area contributed by atoms with Crippen LogP contribution >= 0.6 is 0 Å². The van der Waals surface area contributed by atoms with Crippen molar-refractivity contribution in [3.63, 3.8) is 0 Å². The number of likely N-dealkylation sites (tertiary alicyclic amines) is 1. The highest BCUT2D eigenvalue weighted by molar-refractivity contribution is 5.80. The fraction of sp³-hybridized carbons (Fsp3) is 0.600. The molecule has 6 nitrogen and oxygen atoms in total. The Hall–Kier alpha value is -1.66. The molecular weight excluding hydrogens is 270 g/mol. The molecule has 0 bridgehead atoms. The van der Waals surface area contributed by atoms with Crippen molar-refractivity contribution < 1.29 is 14.3 Å². The number of ether oxygens (including phenoxy) is 2. The van der Waals surface area contributed by atoms with Crippen LogP contribution in [-0.2, 0) is 16.1 Å². The van der Waals surface area contributed by atoms with E-state index < -0.39 is 0 Å². The van der Waals surface area contributed by atoms with Gasteiger partial charge in [-0.1, -0.05) is 0 Å². The summed E-state index contributed by atoms with van der Waals surface area (Å²) in [7, 11) is 3.27. The Morgan fingerprint density at radius 1 is 1.48 bits per heavy atom. The van der Waals surface area contributed by atoms with Gasteiger partial charge < -0.3 is 15.2 Å². The Labute approximate surface area is 125 Å². The smallest absolute Gasteiger partial charge is 0.234 e. The van der Waals surface area contributed by atoms with E-state index in [4.69, 9.17) is 15.2 Å². The van der Waals surface area contributed by atoms with E-state index in [1.54, 1.807) is 14.2 Å². The Bertz CT molecular complexity index is 510. The van der Waals surface area contributed by atoms with Gasteiger partial charge >= 0.3 is 0 Å². The molecule has 1 saturated heterocycles. The lowest BCUT2D eigenvalue weighted by Gasteiger charge is -2.23. The van der Waals surface area contributed by atoms with Crippen molar-refractivity contribution in [2.75, 3.05) is 20.8 Å². The zero-order valence-corrected chi connectivity index (χ0v) is 13.0. The zero-order chi connectivity index (χ0) is 15.6. The molecule has 2 atom stereocenters. The largest absolute Gasteiger partial charge is 0.481 e. The van der Waals surface area contributed by atoms with Gasteiger partial charge in [-0.15, -0.1) is 0 Å². The Kier molecular flexibility index (Phi) is 4.80. The van der Waals surface area contributed by atoms with E-state index in [0.29, 0.717) is 25.4 Å². The molecule has 1 amide bonds. The minimum Gasteiger partial charge on any atom is -0.481 e. The van der Waals surface area contributed by atoms with Gasteiger partial charge in [0, 0.05) is 32.0 Å². The predicted octanol–water partition coefficient (Wildman–Crippen LogP) is 0.782. The third-order valence-electron chi connectivity index (χ3n) is 4.13. The van der Waals surface area contributed by atoms with Gasteiger partial charge in [0.25, 0.3) is 0 Å². The zero-order valence-electron chi connectivity index (χ0n) is 13.0. The monoisotopic (exact) mass is 293 g/mol. The molecule has 116 valence electrons. The van der Waals surface area contributed by atoms with E-state index in [2.05, 4.69) is 9.88 Å². The van der Waals surface area contributed by atoms with Crippen LogP contribution in [0.15, 0.2) is 6.07 Å². The number of hydrogen-bond acceptors (Lipinski definition) is 5. The fourth-order valence-electron chi connectivity index (χ4n) is 2.87. The first-order chi connectivity index (χ1) is 9.96. The average molecular weight is 293 g/mol. The summed E-state index contributed by atoms with van der Waals surface area (Å²) >= 11 is 0. The third kappa shape index (κ3) is 3.33. The molecule has 1 aliphatic rings. The highest BCUT2D eigenvalue weighted by Gasteiger charge is 2.36. The quantitative estimate of drug-likeness (QED) is 0.868. The van der Waals surface area contributed by atoms with Crippen LogP contribution in [0, 0.1) is 13.8 Å². The minimum absolute atomic E-state index is 0.0503. The number of nitrogens with two attached hydrogens (primary N) is 1. The number of rotatable bonds is 5. The Morgan fingerprint density at radius 2 is 2.19 bits per heavy atom. The second-order valence-corrected chi connectivity index (χ2v) is 5.49. The van der Waals surface area contributed by atoms with Gasteiger partial charge in [-0.3, -0.25) is 9.69 Å². The number of aryl methyl sites for hydroxylation is 2. The van der Waals surface area contributed by atoms with E-state index in [-0.39, 0.29) is 18.1 Å². The second kappa shape index (κ2) is 6.41. The van der Waals surface area contributed by atoms with Gasteiger partial charge in [-0.25, -0.2) is 4.98 Å². The van der Waals surface area contributed by atoms with Crippen molar-refractivity contribution in [3.05, 3.63) is 22.9 Å². The van der Waals surface area contributed by atoms with Crippen LogP contribution in [-0.4, -0.2) is 48.7 Å². The summed E-state index contributed by atoms with van der Waals surface area (Å²) < 4.78 is 10.5. The first-order valence-electron chi connectivity index (χ1n) is 7.03. The van der Waals surface area contributed by atoms with E-state index >= 15 is 0 Å². The van der Waals surface area contributed by atoms with Crippen LogP contribution in [0.25, 0.3) is 0 Å². The molecule has 0 aliphatic carbocycles. The molecule has 21 heavy (non-hydrogen) atoms. The lowest BCUT2D eigenvalue weighted by Crippen LogP contribution is -2.40. The second-order valence-electron chi connectivity index (χ2n) is 5.49. The average Bonchev–Trinajstić information content (AvgIpc) is 2.86. The lowest BCUT2D eigenvalue weighted by molar-refractivity contribution is -0.122. The van der Waals surface area contributed by atoms with Crippen LogP contribution < -0.4 is 10.5 Å². The van der Waals surface area contributed by atoms with Crippen LogP contribution in [0.5, 0.6) is 5.88 Å². The standard InChI is InChI=1S/C15H23N3O3/c1-9-5-14(21-4)17-10(2)12(9)8-18-7-11(20-3)6-13(18)15(16)19/h5,11,13H,6-8H2,1-4H3,(H2,16,19)/t11-,13-/m0/s1. The molecule has 2 rings (SSSR count). The van der Waals surface area contributed by atoms with E-state index in [9.17, 15) is 4.79 Å². The summed E-state index contributed by atoms with van der Waals surface area (Å²) in [5.74, 6) is 0.308. The topological polar surface area (TPSA) is 77.7 Å². The number of carbonyl (C=O) groups is 1. The molecule has 0 saturated carbocycles. The van der Waals surface area contributed by atoms with Gasteiger partial charge in [-0.2, -0.15) is 0 Å². The molecule has 0 unspecified atom stereocenters. The predicted molar refractivity (Wildman–Crippen MR) is 79.1 cm³/mol. The molecular formula is C15H23N3O3. The van der Waals surface area contributed by atoms with E-state index in [1.165, 1.54) is 0 Å². The molecule has 1 fully saturated rings. The third-order valence-corrected chi connectivity index (χ3v) is 4.13. The number of pyridine rings is 1. The number of nitrogens with zero attached hydrogens (tertiary/aromatic N) is 2. The number of carbonyl (C=O) groups excluding carboxylic acids is 1. The molecule has 1 aromatic rings. The van der Waals surface area contributed by atoms with E-state index in [1.807, 2.05) is 19.9 Å². The van der Waals surface area contributed by atoms with Crippen LogP contribution in [0.4, 0.5) is 0 Å². The highest BCUT2D eigenvalue weighted by Crippen LogP contribution is 2.25. The maximum Gasteiger partial charge on any atom is 0.234 e. The number of aromatic nitrogens is 1. The summed E-state index contributed by atoms with van der Waals surface area (Å²) in [5.41, 5.74) is 8.63. The summed E-state index contributed by atoms with van der Waals surface area (Å²) in [6.07, 6.45) is 0.697. The molecule has 1 aromatic heterocycles. The summed E-state index contributed by atoms with van der Waals surface area (Å²) in [5, 5.41) is 0. The maximum atomic E-state index is 11.6. The van der Waals surface area contributed by atoms with Gasteiger partial charge in [0.1, 0.15) is 0 Å². The Balaban J connectivity index is 2.22. The summed E-state index contributed by atoms with van der Waals surface area (Å²) in [6.45, 7) is 5.32. The van der Waals surface area contributed by atoms with Crippen molar-refractivity contribution in [2.45, 2.75) is 39.0 Å². The van der Waals surface area contributed by atoms with Gasteiger partial charge in [0.05, 0.1) is 19.3 Å². The number of primary amides is 1. The van der Waals surface area contributed by atoms with Crippen molar-refractivity contribution in [1.82, 2.24) is 9.88 Å². The van der Waals surface area contributed by atoms with Crippen LogP contribution in [0.2, 0.25) is 0 Å². The number of methoxy groups -OCH3 is 2. The molecule has 0 radical (unpaired) electrons. The van der Waals surface area contributed by atoms with E-state index in [0.717, 1.165) is 16.8 Å². The van der Waals surface area contributed by atoms with Crippen molar-refractivity contribution in [3.8, 4) is 5.88 Å². The van der Waals surface area contributed by atoms with Gasteiger partial charge in [0.2, 0.25) is 11.8 Å². The molecule has 2 heterocycles. The maximum absolute atomic E-state index is 11.6. The van der Waals surface area contributed by atoms with Crippen molar-refractivity contribution >= 4 is 5.91 Å². The van der Waals surface area contributed by atoms with Gasteiger partial charge in [0.15, 0.2) is 0 Å². The molecule has 2 N–H and O–H groups in total. The van der Waals surface area contributed by atoms with Crippen molar-refractivity contribution in [1.29, 1.82) is 0 Å². The van der Waals surface area contributed by atoms with Crippen LogP contribution in [0.3, 0.4) is 0 Å². The number of hydrogen-bond donors (Lipinski definition) is 1. The SMILES string of the molecule is COc1cc(C)c(CN2C[C@@H](OC)C[C@H]2C(N)=O)c(C)n1.